The number of amides is 1. The van der Waals surface area contributed by atoms with Crippen LogP contribution in [0.1, 0.15) is 47.8 Å². The summed E-state index contributed by atoms with van der Waals surface area (Å²) in [4.78, 5) is 15.1. The summed E-state index contributed by atoms with van der Waals surface area (Å²) in [5.41, 5.74) is 3.67. The van der Waals surface area contributed by atoms with E-state index >= 15 is 0 Å². The van der Waals surface area contributed by atoms with Gasteiger partial charge in [-0.05, 0) is 58.3 Å². The van der Waals surface area contributed by atoms with Gasteiger partial charge in [0.1, 0.15) is 0 Å². The standard InChI is InChI=1S/C20H28N4O/c1-15-9-5-6-10-19(15)24-17(3)18(13-21-24)20(25)22-16(2)14-23-11-7-4-8-12-23/h5-6,9-10,13,16H,4,7-8,11-12,14H2,1-3H3,(H,22,25). The second-order valence-electron chi connectivity index (χ2n) is 7.08. The first-order valence-electron chi connectivity index (χ1n) is 9.20. The van der Waals surface area contributed by atoms with Crippen LogP contribution in [-0.4, -0.2) is 46.3 Å². The molecule has 134 valence electrons. The van der Waals surface area contributed by atoms with Crippen molar-refractivity contribution in [3.05, 3.63) is 47.3 Å². The van der Waals surface area contributed by atoms with Gasteiger partial charge in [-0.2, -0.15) is 5.10 Å². The minimum atomic E-state index is -0.0400. The van der Waals surface area contributed by atoms with Crippen molar-refractivity contribution in [3.8, 4) is 5.69 Å². The molecule has 0 radical (unpaired) electrons. The van der Waals surface area contributed by atoms with Crippen molar-refractivity contribution < 1.29 is 4.79 Å². The van der Waals surface area contributed by atoms with E-state index in [0.717, 1.165) is 36.6 Å². The second kappa shape index (κ2) is 7.83. The van der Waals surface area contributed by atoms with Crippen LogP contribution in [0.25, 0.3) is 5.69 Å². The number of piperidine rings is 1. The molecule has 25 heavy (non-hydrogen) atoms. The average molecular weight is 340 g/mol. The summed E-state index contributed by atoms with van der Waals surface area (Å²) in [6.07, 6.45) is 5.53. The van der Waals surface area contributed by atoms with Crippen molar-refractivity contribution in [2.24, 2.45) is 0 Å². The van der Waals surface area contributed by atoms with Gasteiger partial charge in [0.2, 0.25) is 0 Å². The Balaban J connectivity index is 1.67. The maximum atomic E-state index is 12.7. The van der Waals surface area contributed by atoms with Gasteiger partial charge in [0.15, 0.2) is 0 Å². The molecule has 0 bridgehead atoms. The van der Waals surface area contributed by atoms with E-state index in [4.69, 9.17) is 0 Å². The van der Waals surface area contributed by atoms with Crippen LogP contribution in [0.5, 0.6) is 0 Å². The van der Waals surface area contributed by atoms with Crippen molar-refractivity contribution >= 4 is 5.91 Å². The monoisotopic (exact) mass is 340 g/mol. The van der Waals surface area contributed by atoms with Gasteiger partial charge in [-0.3, -0.25) is 4.79 Å². The van der Waals surface area contributed by atoms with Crippen LogP contribution in [0, 0.1) is 13.8 Å². The lowest BCUT2D eigenvalue weighted by Crippen LogP contribution is -2.43. The number of para-hydroxylation sites is 1. The molecule has 1 unspecified atom stereocenters. The number of aromatic nitrogens is 2. The van der Waals surface area contributed by atoms with Crippen molar-refractivity contribution in [2.45, 2.75) is 46.1 Å². The van der Waals surface area contributed by atoms with Gasteiger partial charge in [0.25, 0.3) is 5.91 Å². The predicted molar refractivity (Wildman–Crippen MR) is 100 cm³/mol. The highest BCUT2D eigenvalue weighted by molar-refractivity contribution is 5.95. The number of rotatable bonds is 5. The Morgan fingerprint density at radius 3 is 2.64 bits per heavy atom. The minimum absolute atomic E-state index is 0.0400. The number of likely N-dealkylation sites (tertiary alicyclic amines) is 1. The Morgan fingerprint density at radius 1 is 1.20 bits per heavy atom. The molecular formula is C20H28N4O. The summed E-state index contributed by atoms with van der Waals surface area (Å²) in [5.74, 6) is -0.0400. The number of aryl methyl sites for hydroxylation is 1. The van der Waals surface area contributed by atoms with E-state index in [1.165, 1.54) is 19.3 Å². The number of benzene rings is 1. The Hall–Kier alpha value is -2.14. The van der Waals surface area contributed by atoms with Crippen LogP contribution >= 0.6 is 0 Å². The van der Waals surface area contributed by atoms with Gasteiger partial charge in [-0.25, -0.2) is 4.68 Å². The van der Waals surface area contributed by atoms with E-state index in [1.807, 2.05) is 29.8 Å². The van der Waals surface area contributed by atoms with Crippen molar-refractivity contribution in [2.75, 3.05) is 19.6 Å². The van der Waals surface area contributed by atoms with Crippen LogP contribution < -0.4 is 5.32 Å². The highest BCUT2D eigenvalue weighted by Crippen LogP contribution is 2.17. The fourth-order valence-corrected chi connectivity index (χ4v) is 3.55. The Labute approximate surface area is 150 Å². The second-order valence-corrected chi connectivity index (χ2v) is 7.08. The van der Waals surface area contributed by atoms with E-state index in [0.29, 0.717) is 5.56 Å². The molecule has 5 nitrogen and oxygen atoms in total. The number of hydrogen-bond acceptors (Lipinski definition) is 3. The SMILES string of the molecule is Cc1ccccc1-n1ncc(C(=O)NC(C)CN2CCCCC2)c1C. The maximum Gasteiger partial charge on any atom is 0.255 e. The molecule has 1 aliphatic heterocycles. The predicted octanol–water partition coefficient (Wildman–Crippen LogP) is 3.09. The third-order valence-corrected chi connectivity index (χ3v) is 4.96. The molecular weight excluding hydrogens is 312 g/mol. The van der Waals surface area contributed by atoms with Gasteiger partial charge in [0, 0.05) is 12.6 Å². The number of carbonyl (C=O) groups is 1. The van der Waals surface area contributed by atoms with E-state index < -0.39 is 0 Å². The van der Waals surface area contributed by atoms with Crippen LogP contribution in [0.2, 0.25) is 0 Å². The number of hydrogen-bond donors (Lipinski definition) is 1. The lowest BCUT2D eigenvalue weighted by atomic mass is 10.1. The molecule has 1 aromatic carbocycles. The molecule has 1 atom stereocenters. The maximum absolute atomic E-state index is 12.7. The first kappa shape index (κ1) is 17.7. The van der Waals surface area contributed by atoms with E-state index in [1.54, 1.807) is 6.20 Å². The third-order valence-electron chi connectivity index (χ3n) is 4.96. The molecule has 0 aliphatic carbocycles. The topological polar surface area (TPSA) is 50.2 Å². The summed E-state index contributed by atoms with van der Waals surface area (Å²) >= 11 is 0. The molecule has 1 amide bonds. The zero-order chi connectivity index (χ0) is 17.8. The Bertz CT molecular complexity index is 731. The Morgan fingerprint density at radius 2 is 1.92 bits per heavy atom. The van der Waals surface area contributed by atoms with E-state index in [2.05, 4.69) is 35.2 Å². The summed E-state index contributed by atoms with van der Waals surface area (Å²) in [6.45, 7) is 9.28. The van der Waals surface area contributed by atoms with Crippen LogP contribution in [0.15, 0.2) is 30.5 Å². The molecule has 1 fully saturated rings. The molecule has 0 saturated carbocycles. The average Bonchev–Trinajstić information content (AvgIpc) is 2.97. The fraction of sp³-hybridized carbons (Fsp3) is 0.500. The summed E-state index contributed by atoms with van der Waals surface area (Å²) in [5, 5.41) is 7.57. The molecule has 1 saturated heterocycles. The van der Waals surface area contributed by atoms with Crippen LogP contribution in [-0.2, 0) is 0 Å². The van der Waals surface area contributed by atoms with Gasteiger partial charge >= 0.3 is 0 Å². The van der Waals surface area contributed by atoms with E-state index in [9.17, 15) is 4.79 Å². The fourth-order valence-electron chi connectivity index (χ4n) is 3.55. The largest absolute Gasteiger partial charge is 0.348 e. The number of carbonyl (C=O) groups excluding carboxylic acids is 1. The first-order chi connectivity index (χ1) is 12.1. The van der Waals surface area contributed by atoms with Crippen LogP contribution in [0.4, 0.5) is 0 Å². The molecule has 0 spiro atoms. The molecule has 2 aromatic rings. The van der Waals surface area contributed by atoms with Gasteiger partial charge in [-0.1, -0.05) is 24.6 Å². The molecule has 1 N–H and O–H groups in total. The Kier molecular flexibility index (Phi) is 5.53. The minimum Gasteiger partial charge on any atom is -0.348 e. The highest BCUT2D eigenvalue weighted by Gasteiger charge is 2.19. The zero-order valence-corrected chi connectivity index (χ0v) is 15.5. The zero-order valence-electron chi connectivity index (χ0n) is 15.5. The summed E-state index contributed by atoms with van der Waals surface area (Å²) in [6, 6.07) is 8.21. The van der Waals surface area contributed by atoms with Crippen molar-refractivity contribution in [1.29, 1.82) is 0 Å². The van der Waals surface area contributed by atoms with Gasteiger partial charge < -0.3 is 10.2 Å². The number of nitrogens with zero attached hydrogens (tertiary/aromatic N) is 3. The highest BCUT2D eigenvalue weighted by atomic mass is 16.1. The summed E-state index contributed by atoms with van der Waals surface area (Å²) < 4.78 is 1.85. The van der Waals surface area contributed by atoms with Crippen molar-refractivity contribution in [1.82, 2.24) is 20.0 Å². The number of nitrogens with one attached hydrogen (secondary N) is 1. The molecule has 3 rings (SSSR count). The smallest absolute Gasteiger partial charge is 0.255 e. The van der Waals surface area contributed by atoms with E-state index in [-0.39, 0.29) is 11.9 Å². The van der Waals surface area contributed by atoms with Gasteiger partial charge in [0.05, 0.1) is 23.1 Å². The lowest BCUT2D eigenvalue weighted by molar-refractivity contribution is 0.0925. The molecule has 1 aromatic heterocycles. The quantitative estimate of drug-likeness (QED) is 0.910. The normalized spacial score (nSPS) is 16.6. The summed E-state index contributed by atoms with van der Waals surface area (Å²) in [7, 11) is 0. The van der Waals surface area contributed by atoms with Crippen molar-refractivity contribution in [3.63, 3.8) is 0 Å². The molecule has 1 aliphatic rings. The lowest BCUT2D eigenvalue weighted by Gasteiger charge is -2.29. The first-order valence-corrected chi connectivity index (χ1v) is 9.20. The van der Waals surface area contributed by atoms with Gasteiger partial charge in [-0.15, -0.1) is 0 Å². The van der Waals surface area contributed by atoms with Crippen LogP contribution in [0.3, 0.4) is 0 Å². The molecule has 2 heterocycles. The molecule has 5 heteroatoms. The third kappa shape index (κ3) is 4.10.